The van der Waals surface area contributed by atoms with Gasteiger partial charge >= 0.3 is 12.4 Å². The SMILES string of the molecule is O=C(NC[C@H]1CC[C@@H](NCC(=O)N2CCC(F)(F)C2)CC1)c1cc(C(F)(F)F)cc(C(F)(F)F)c1. The number of rotatable bonds is 6. The van der Waals surface area contributed by atoms with Crippen molar-refractivity contribution in [3.05, 3.63) is 34.9 Å². The number of alkyl halides is 8. The van der Waals surface area contributed by atoms with Crippen molar-refractivity contribution in [2.24, 2.45) is 5.92 Å². The minimum absolute atomic E-state index is 0.0102. The Hall–Kier alpha value is -2.44. The third kappa shape index (κ3) is 7.52. The van der Waals surface area contributed by atoms with Crippen LogP contribution in [0.25, 0.3) is 0 Å². The lowest BCUT2D eigenvalue weighted by molar-refractivity contribution is -0.143. The van der Waals surface area contributed by atoms with Crippen molar-refractivity contribution in [3.8, 4) is 0 Å². The Balaban J connectivity index is 1.47. The Morgan fingerprint density at radius 3 is 2.00 bits per heavy atom. The number of nitrogens with zero attached hydrogens (tertiary/aromatic N) is 1. The van der Waals surface area contributed by atoms with Gasteiger partial charge in [-0.05, 0) is 49.8 Å². The molecule has 2 amide bonds. The quantitative estimate of drug-likeness (QED) is 0.550. The van der Waals surface area contributed by atoms with Crippen LogP contribution in [0.1, 0.15) is 53.6 Å². The molecule has 1 saturated heterocycles. The molecule has 2 N–H and O–H groups in total. The van der Waals surface area contributed by atoms with Crippen molar-refractivity contribution in [3.63, 3.8) is 0 Å². The molecule has 0 radical (unpaired) electrons. The van der Waals surface area contributed by atoms with Gasteiger partial charge in [0.2, 0.25) is 5.91 Å². The predicted octanol–water partition coefficient (Wildman–Crippen LogP) is 4.47. The van der Waals surface area contributed by atoms with Gasteiger partial charge in [-0.15, -0.1) is 0 Å². The highest BCUT2D eigenvalue weighted by molar-refractivity contribution is 5.94. The Kier molecular flexibility index (Phi) is 7.97. The summed E-state index contributed by atoms with van der Waals surface area (Å²) in [4.78, 5) is 25.5. The summed E-state index contributed by atoms with van der Waals surface area (Å²) < 4.78 is 104. The van der Waals surface area contributed by atoms with Gasteiger partial charge in [-0.3, -0.25) is 9.59 Å². The van der Waals surface area contributed by atoms with Gasteiger partial charge in [0, 0.05) is 31.1 Å². The van der Waals surface area contributed by atoms with Gasteiger partial charge in [-0.2, -0.15) is 26.3 Å². The van der Waals surface area contributed by atoms with E-state index < -0.39 is 53.3 Å². The molecule has 0 aromatic heterocycles. The van der Waals surface area contributed by atoms with Crippen molar-refractivity contribution in [1.82, 2.24) is 15.5 Å². The van der Waals surface area contributed by atoms with Crippen LogP contribution >= 0.6 is 0 Å². The van der Waals surface area contributed by atoms with E-state index in [-0.39, 0.29) is 44.1 Å². The van der Waals surface area contributed by atoms with Crippen molar-refractivity contribution in [2.45, 2.75) is 56.4 Å². The molecule has 196 valence electrons. The van der Waals surface area contributed by atoms with E-state index >= 15 is 0 Å². The van der Waals surface area contributed by atoms with Crippen LogP contribution in [-0.4, -0.2) is 54.9 Å². The molecule has 1 heterocycles. The molecule has 35 heavy (non-hydrogen) atoms. The van der Waals surface area contributed by atoms with Gasteiger partial charge < -0.3 is 15.5 Å². The molecule has 2 aliphatic rings. The molecule has 0 atom stereocenters. The van der Waals surface area contributed by atoms with Crippen LogP contribution in [0.3, 0.4) is 0 Å². The van der Waals surface area contributed by atoms with E-state index in [0.717, 1.165) is 4.90 Å². The third-order valence-electron chi connectivity index (χ3n) is 6.31. The normalized spacial score (nSPS) is 22.8. The van der Waals surface area contributed by atoms with Gasteiger partial charge in [0.15, 0.2) is 0 Å². The van der Waals surface area contributed by atoms with Crippen LogP contribution in [0.4, 0.5) is 35.1 Å². The van der Waals surface area contributed by atoms with Crippen LogP contribution in [0.15, 0.2) is 18.2 Å². The molecule has 1 aliphatic carbocycles. The minimum Gasteiger partial charge on any atom is -0.352 e. The summed E-state index contributed by atoms with van der Waals surface area (Å²) in [5.41, 5.74) is -3.85. The fourth-order valence-corrected chi connectivity index (χ4v) is 4.29. The highest BCUT2D eigenvalue weighted by Gasteiger charge is 2.40. The van der Waals surface area contributed by atoms with E-state index in [9.17, 15) is 44.7 Å². The second-order valence-corrected chi connectivity index (χ2v) is 9.02. The standard InChI is InChI=1S/C22H25F8N3O2/c23-20(24)5-6-33(12-20)18(34)11-31-17-3-1-13(2-4-17)10-32-19(35)14-7-15(21(25,26)27)9-16(8-14)22(28,29)30/h7-9,13,17,31H,1-6,10-12H2,(H,32,35)/t13-,17+. The lowest BCUT2D eigenvalue weighted by Gasteiger charge is -2.29. The molecule has 1 aromatic carbocycles. The van der Waals surface area contributed by atoms with Gasteiger partial charge in [0.1, 0.15) is 0 Å². The lowest BCUT2D eigenvalue weighted by Crippen LogP contribution is -2.43. The Bertz CT molecular complexity index is 892. The molecular formula is C22H25F8N3O2. The molecule has 1 aliphatic heterocycles. The number of likely N-dealkylation sites (tertiary alicyclic amines) is 1. The second-order valence-electron chi connectivity index (χ2n) is 9.02. The molecule has 5 nitrogen and oxygen atoms in total. The van der Waals surface area contributed by atoms with Gasteiger partial charge in [-0.1, -0.05) is 0 Å². The topological polar surface area (TPSA) is 61.4 Å². The zero-order chi connectivity index (χ0) is 26.0. The number of amides is 2. The molecule has 0 bridgehead atoms. The minimum atomic E-state index is -5.04. The smallest absolute Gasteiger partial charge is 0.352 e. The summed E-state index contributed by atoms with van der Waals surface area (Å²) in [5, 5.41) is 5.45. The van der Waals surface area contributed by atoms with E-state index in [4.69, 9.17) is 0 Å². The van der Waals surface area contributed by atoms with E-state index in [1.54, 1.807) is 0 Å². The molecule has 0 spiro atoms. The van der Waals surface area contributed by atoms with E-state index in [1.807, 2.05) is 0 Å². The maximum atomic E-state index is 13.2. The zero-order valence-electron chi connectivity index (χ0n) is 18.5. The zero-order valence-corrected chi connectivity index (χ0v) is 18.5. The van der Waals surface area contributed by atoms with Crippen LogP contribution in [-0.2, 0) is 17.1 Å². The Morgan fingerprint density at radius 1 is 0.943 bits per heavy atom. The van der Waals surface area contributed by atoms with Crippen molar-refractivity contribution in [2.75, 3.05) is 26.2 Å². The van der Waals surface area contributed by atoms with Crippen molar-refractivity contribution >= 4 is 11.8 Å². The fraction of sp³-hybridized carbons (Fsp3) is 0.636. The summed E-state index contributed by atoms with van der Waals surface area (Å²) in [6, 6.07) is 0.703. The third-order valence-corrected chi connectivity index (χ3v) is 6.31. The van der Waals surface area contributed by atoms with E-state index in [2.05, 4.69) is 10.6 Å². The first kappa shape index (κ1) is 27.2. The van der Waals surface area contributed by atoms with Crippen LogP contribution < -0.4 is 10.6 Å². The van der Waals surface area contributed by atoms with Gasteiger partial charge in [0.05, 0.1) is 24.2 Å². The van der Waals surface area contributed by atoms with Crippen LogP contribution in [0, 0.1) is 5.92 Å². The molecule has 3 rings (SSSR count). The molecule has 13 heteroatoms. The monoisotopic (exact) mass is 515 g/mol. The molecule has 1 saturated carbocycles. The number of carbonyl (C=O) groups excluding carboxylic acids is 2. The highest BCUT2D eigenvalue weighted by Crippen LogP contribution is 2.36. The fourth-order valence-electron chi connectivity index (χ4n) is 4.29. The van der Waals surface area contributed by atoms with E-state index in [1.165, 1.54) is 0 Å². The number of hydrogen-bond donors (Lipinski definition) is 2. The second kappa shape index (κ2) is 10.3. The first-order chi connectivity index (χ1) is 16.1. The summed E-state index contributed by atoms with van der Waals surface area (Å²) in [6.45, 7) is -0.573. The van der Waals surface area contributed by atoms with E-state index in [0.29, 0.717) is 37.8 Å². The molecule has 1 aromatic rings. The molecular weight excluding hydrogens is 490 g/mol. The maximum Gasteiger partial charge on any atom is 0.416 e. The largest absolute Gasteiger partial charge is 0.416 e. The number of carbonyl (C=O) groups is 2. The summed E-state index contributed by atoms with van der Waals surface area (Å²) >= 11 is 0. The predicted molar refractivity (Wildman–Crippen MR) is 109 cm³/mol. The summed E-state index contributed by atoms with van der Waals surface area (Å²) in [7, 11) is 0. The Morgan fingerprint density at radius 2 is 1.51 bits per heavy atom. The highest BCUT2D eigenvalue weighted by atomic mass is 19.4. The van der Waals surface area contributed by atoms with Crippen molar-refractivity contribution < 1.29 is 44.7 Å². The van der Waals surface area contributed by atoms with Crippen LogP contribution in [0.5, 0.6) is 0 Å². The molecule has 2 fully saturated rings. The number of benzene rings is 1. The molecule has 0 unspecified atom stereocenters. The van der Waals surface area contributed by atoms with Crippen LogP contribution in [0.2, 0.25) is 0 Å². The number of nitrogens with one attached hydrogen (secondary N) is 2. The average molecular weight is 515 g/mol. The van der Waals surface area contributed by atoms with Gasteiger partial charge in [0.25, 0.3) is 11.8 Å². The average Bonchev–Trinajstić information content (AvgIpc) is 3.14. The van der Waals surface area contributed by atoms with Crippen molar-refractivity contribution in [1.29, 1.82) is 0 Å². The first-order valence-corrected chi connectivity index (χ1v) is 11.1. The lowest BCUT2D eigenvalue weighted by atomic mass is 9.86. The first-order valence-electron chi connectivity index (χ1n) is 11.1. The summed E-state index contributed by atoms with van der Waals surface area (Å²) in [6.07, 6.45) is -8.00. The Labute approximate surface area is 196 Å². The van der Waals surface area contributed by atoms with Gasteiger partial charge in [-0.25, -0.2) is 8.78 Å². The number of hydrogen-bond acceptors (Lipinski definition) is 3. The summed E-state index contributed by atoms with van der Waals surface area (Å²) in [5.74, 6) is -4.34. The maximum absolute atomic E-state index is 13.2. The number of halogens is 8.